The maximum atomic E-state index is 13.1. The van der Waals surface area contributed by atoms with Crippen LogP contribution in [0.15, 0.2) is 65.5 Å². The van der Waals surface area contributed by atoms with Crippen molar-refractivity contribution in [3.63, 3.8) is 0 Å². The zero-order chi connectivity index (χ0) is 23.7. The lowest BCUT2D eigenvalue weighted by molar-refractivity contribution is -0.118. The summed E-state index contributed by atoms with van der Waals surface area (Å²) in [5.74, 6) is -0.513. The van der Waals surface area contributed by atoms with Crippen LogP contribution < -0.4 is 16.2 Å². The molecule has 33 heavy (non-hydrogen) atoms. The molecule has 0 aliphatic carbocycles. The van der Waals surface area contributed by atoms with Crippen molar-refractivity contribution in [1.29, 1.82) is 0 Å². The number of nitrogens with zero attached hydrogens (tertiary/aromatic N) is 3. The summed E-state index contributed by atoms with van der Waals surface area (Å²) in [6, 6.07) is 17.1. The fourth-order valence-electron chi connectivity index (χ4n) is 3.96. The predicted octanol–water partition coefficient (Wildman–Crippen LogP) is 3.96. The number of anilines is 2. The van der Waals surface area contributed by atoms with Crippen LogP contribution in [0.1, 0.15) is 31.1 Å². The van der Waals surface area contributed by atoms with Crippen molar-refractivity contribution in [1.82, 2.24) is 14.3 Å². The number of hydrogen-bond donors (Lipinski definition) is 2. The summed E-state index contributed by atoms with van der Waals surface area (Å²) in [5.41, 5.74) is 3.88. The van der Waals surface area contributed by atoms with Gasteiger partial charge < -0.3 is 10.6 Å². The molecule has 0 aliphatic heterocycles. The topological polar surface area (TPSA) is 98.0 Å². The summed E-state index contributed by atoms with van der Waals surface area (Å²) in [6.07, 6.45) is 0. The molecular weight excluding hydrogens is 418 g/mol. The van der Waals surface area contributed by atoms with Gasteiger partial charge in [-0.2, -0.15) is 5.10 Å². The van der Waals surface area contributed by atoms with Gasteiger partial charge in [0.2, 0.25) is 11.8 Å². The minimum Gasteiger partial charge on any atom is -0.326 e. The van der Waals surface area contributed by atoms with Gasteiger partial charge in [-0.3, -0.25) is 19.0 Å². The minimum atomic E-state index is -0.797. The summed E-state index contributed by atoms with van der Waals surface area (Å²) >= 11 is 0. The number of pyridine rings is 1. The van der Waals surface area contributed by atoms with Gasteiger partial charge >= 0.3 is 0 Å². The Morgan fingerprint density at radius 1 is 0.939 bits per heavy atom. The van der Waals surface area contributed by atoms with Crippen molar-refractivity contribution >= 4 is 34.2 Å². The fraction of sp³-hybridized carbons (Fsp3) is 0.200. The molecular formula is C25H25N5O3. The van der Waals surface area contributed by atoms with E-state index < -0.39 is 6.04 Å². The summed E-state index contributed by atoms with van der Waals surface area (Å²) < 4.78 is 3.20. The van der Waals surface area contributed by atoms with Gasteiger partial charge in [-0.15, -0.1) is 0 Å². The van der Waals surface area contributed by atoms with Crippen LogP contribution in [0.3, 0.4) is 0 Å². The number of carbonyl (C=O) groups excluding carboxylic acids is 2. The Morgan fingerprint density at radius 2 is 1.55 bits per heavy atom. The molecule has 0 bridgehead atoms. The van der Waals surface area contributed by atoms with E-state index >= 15 is 0 Å². The Balaban J connectivity index is 1.75. The first-order valence-corrected chi connectivity index (χ1v) is 10.6. The number of nitrogens with one attached hydrogen (secondary N) is 2. The van der Waals surface area contributed by atoms with E-state index in [1.54, 1.807) is 41.9 Å². The Kier molecular flexibility index (Phi) is 5.83. The molecule has 0 fully saturated rings. The smallest absolute Gasteiger partial charge is 0.253 e. The third-order valence-electron chi connectivity index (χ3n) is 5.48. The van der Waals surface area contributed by atoms with Gasteiger partial charge in [0, 0.05) is 29.8 Å². The molecule has 0 radical (unpaired) electrons. The lowest BCUT2D eigenvalue weighted by Crippen LogP contribution is -2.32. The molecule has 168 valence electrons. The molecule has 0 saturated carbocycles. The molecule has 0 saturated heterocycles. The molecule has 2 aromatic carbocycles. The van der Waals surface area contributed by atoms with E-state index in [0.29, 0.717) is 17.0 Å². The summed E-state index contributed by atoms with van der Waals surface area (Å²) in [7, 11) is 0. The molecule has 0 unspecified atom stereocenters. The Bertz CT molecular complexity index is 1400. The number of hydrogen-bond acceptors (Lipinski definition) is 4. The number of aromatic nitrogens is 3. The van der Waals surface area contributed by atoms with Crippen LogP contribution in [0.4, 0.5) is 11.4 Å². The zero-order valence-corrected chi connectivity index (χ0v) is 18.9. The van der Waals surface area contributed by atoms with Crippen LogP contribution in [-0.2, 0) is 9.59 Å². The SMILES string of the molecule is CC(=O)Nc1ccc(NC(=O)[C@@H](C)n2c(=O)cc(C)c3c(C)nn(-c4ccccc4)c32)cc1. The normalized spacial score (nSPS) is 11.9. The third kappa shape index (κ3) is 4.27. The van der Waals surface area contributed by atoms with Gasteiger partial charge in [-0.1, -0.05) is 18.2 Å². The van der Waals surface area contributed by atoms with Crippen LogP contribution in [0.5, 0.6) is 0 Å². The number of rotatable bonds is 5. The quantitative estimate of drug-likeness (QED) is 0.488. The highest BCUT2D eigenvalue weighted by molar-refractivity contribution is 5.95. The van der Waals surface area contributed by atoms with Crippen molar-refractivity contribution in [3.8, 4) is 5.69 Å². The Hall–Kier alpha value is -4.20. The second kappa shape index (κ2) is 8.74. The molecule has 0 aliphatic rings. The summed E-state index contributed by atoms with van der Waals surface area (Å²) in [4.78, 5) is 37.4. The van der Waals surface area contributed by atoms with Crippen molar-refractivity contribution in [3.05, 3.63) is 82.3 Å². The third-order valence-corrected chi connectivity index (χ3v) is 5.48. The molecule has 4 aromatic rings. The first-order chi connectivity index (χ1) is 15.8. The lowest BCUT2D eigenvalue weighted by atomic mass is 10.1. The summed E-state index contributed by atoms with van der Waals surface area (Å²) in [6.45, 7) is 6.89. The van der Waals surface area contributed by atoms with Crippen LogP contribution in [-0.4, -0.2) is 26.2 Å². The molecule has 8 heteroatoms. The van der Waals surface area contributed by atoms with Gasteiger partial charge in [-0.05, 0) is 62.7 Å². The van der Waals surface area contributed by atoms with Crippen molar-refractivity contribution in [2.75, 3.05) is 10.6 Å². The first-order valence-electron chi connectivity index (χ1n) is 10.6. The number of aryl methyl sites for hydroxylation is 2. The highest BCUT2D eigenvalue weighted by Gasteiger charge is 2.24. The standard InChI is InChI=1S/C25H25N5O3/c1-15-14-22(32)29(25-23(15)16(2)28-30(25)21-8-6-5-7-9-21)17(3)24(33)27-20-12-10-19(11-13-20)26-18(4)31/h5-14,17H,1-4H3,(H,26,31)(H,27,33)/t17-/m1/s1. The van der Waals surface area contributed by atoms with Crippen molar-refractivity contribution < 1.29 is 9.59 Å². The number of para-hydroxylation sites is 1. The molecule has 2 N–H and O–H groups in total. The van der Waals surface area contributed by atoms with E-state index in [1.165, 1.54) is 11.5 Å². The molecule has 4 rings (SSSR count). The van der Waals surface area contributed by atoms with Gasteiger partial charge in [-0.25, -0.2) is 4.68 Å². The van der Waals surface area contributed by atoms with Gasteiger partial charge in [0.05, 0.1) is 11.4 Å². The Labute approximate surface area is 190 Å². The maximum absolute atomic E-state index is 13.1. The highest BCUT2D eigenvalue weighted by Crippen LogP contribution is 2.26. The monoisotopic (exact) mass is 443 g/mol. The number of carbonyl (C=O) groups is 2. The van der Waals surface area contributed by atoms with Crippen LogP contribution in [0, 0.1) is 13.8 Å². The summed E-state index contributed by atoms with van der Waals surface area (Å²) in [5, 5.41) is 11.1. The van der Waals surface area contributed by atoms with Crippen molar-refractivity contribution in [2.45, 2.75) is 33.7 Å². The van der Waals surface area contributed by atoms with Gasteiger partial charge in [0.1, 0.15) is 11.7 Å². The number of amides is 2. The largest absolute Gasteiger partial charge is 0.326 e. The van der Waals surface area contributed by atoms with Crippen LogP contribution >= 0.6 is 0 Å². The molecule has 2 aromatic heterocycles. The van der Waals surface area contributed by atoms with Gasteiger partial charge in [0.15, 0.2) is 0 Å². The lowest BCUT2D eigenvalue weighted by Gasteiger charge is -2.18. The fourth-order valence-corrected chi connectivity index (χ4v) is 3.96. The number of benzene rings is 2. The van der Waals surface area contributed by atoms with Gasteiger partial charge in [0.25, 0.3) is 5.56 Å². The van der Waals surface area contributed by atoms with E-state index in [9.17, 15) is 14.4 Å². The van der Waals surface area contributed by atoms with E-state index in [1.807, 2.05) is 44.2 Å². The van der Waals surface area contributed by atoms with E-state index in [2.05, 4.69) is 15.7 Å². The van der Waals surface area contributed by atoms with E-state index in [-0.39, 0.29) is 17.4 Å². The minimum absolute atomic E-state index is 0.173. The average Bonchev–Trinajstić information content (AvgIpc) is 3.12. The number of fused-ring (bicyclic) bond motifs is 1. The first kappa shape index (κ1) is 22.0. The Morgan fingerprint density at radius 3 is 2.15 bits per heavy atom. The molecule has 2 amide bonds. The zero-order valence-electron chi connectivity index (χ0n) is 18.9. The second-order valence-electron chi connectivity index (χ2n) is 7.99. The average molecular weight is 444 g/mol. The molecule has 2 heterocycles. The molecule has 1 atom stereocenters. The maximum Gasteiger partial charge on any atom is 0.253 e. The molecule has 8 nitrogen and oxygen atoms in total. The van der Waals surface area contributed by atoms with E-state index in [0.717, 1.165) is 22.3 Å². The van der Waals surface area contributed by atoms with Crippen LogP contribution in [0.2, 0.25) is 0 Å². The highest BCUT2D eigenvalue weighted by atomic mass is 16.2. The molecule has 0 spiro atoms. The van der Waals surface area contributed by atoms with E-state index in [4.69, 9.17) is 0 Å². The predicted molar refractivity (Wildman–Crippen MR) is 129 cm³/mol. The second-order valence-corrected chi connectivity index (χ2v) is 7.99. The van der Waals surface area contributed by atoms with Crippen LogP contribution in [0.25, 0.3) is 16.7 Å². The van der Waals surface area contributed by atoms with Crippen molar-refractivity contribution in [2.24, 2.45) is 0 Å².